The van der Waals surface area contributed by atoms with Crippen LogP contribution in [-0.4, -0.2) is 43.8 Å². The minimum Gasteiger partial charge on any atom is -0.340 e. The van der Waals surface area contributed by atoms with Crippen molar-refractivity contribution in [3.05, 3.63) is 83.8 Å². The number of benzene rings is 2. The number of carbonyl (C=O) groups excluding carboxylic acids is 1. The van der Waals surface area contributed by atoms with Crippen LogP contribution in [0.25, 0.3) is 26.8 Å². The number of carbonyl (C=O) groups is 1. The van der Waals surface area contributed by atoms with Gasteiger partial charge < -0.3 is 15.2 Å². The summed E-state index contributed by atoms with van der Waals surface area (Å²) >= 11 is 1.61. The average Bonchev–Trinajstić information content (AvgIpc) is 3.52. The summed E-state index contributed by atoms with van der Waals surface area (Å²) in [4.78, 5) is 31.2. The highest BCUT2D eigenvalue weighted by Crippen LogP contribution is 2.30. The van der Waals surface area contributed by atoms with Gasteiger partial charge in [-0.2, -0.15) is 0 Å². The number of nitrogens with one attached hydrogen (secondary N) is 2. The summed E-state index contributed by atoms with van der Waals surface area (Å²) in [5.74, 6) is 0.821. The first-order chi connectivity index (χ1) is 16.2. The molecule has 5 aromatic rings. The smallest absolute Gasteiger partial charge is 0.254 e. The highest BCUT2D eigenvalue weighted by molar-refractivity contribution is 7.16. The van der Waals surface area contributed by atoms with Crippen LogP contribution in [0.15, 0.2) is 72.5 Å². The largest absolute Gasteiger partial charge is 0.340 e. The van der Waals surface area contributed by atoms with E-state index in [4.69, 9.17) is 0 Å². The second-order valence-electron chi connectivity index (χ2n) is 7.92. The molecule has 0 spiro atoms. The Morgan fingerprint density at radius 2 is 1.97 bits per heavy atom. The Kier molecular flexibility index (Phi) is 4.84. The molecule has 1 aliphatic rings. The predicted octanol–water partition coefficient (Wildman–Crippen LogP) is 5.24. The zero-order chi connectivity index (χ0) is 22.2. The second kappa shape index (κ2) is 8.14. The zero-order valence-corrected chi connectivity index (χ0v) is 18.5. The maximum Gasteiger partial charge on any atom is 0.254 e. The second-order valence-corrected chi connectivity index (χ2v) is 8.81. The van der Waals surface area contributed by atoms with Gasteiger partial charge in [0.2, 0.25) is 0 Å². The van der Waals surface area contributed by atoms with E-state index >= 15 is 0 Å². The lowest BCUT2D eigenvalue weighted by Gasteiger charge is -2.26. The fourth-order valence-corrected chi connectivity index (χ4v) is 4.86. The number of fused-ring (bicyclic) bond motifs is 2. The van der Waals surface area contributed by atoms with Crippen molar-refractivity contribution in [2.75, 3.05) is 18.4 Å². The van der Waals surface area contributed by atoms with Gasteiger partial charge >= 0.3 is 0 Å². The van der Waals surface area contributed by atoms with Gasteiger partial charge in [0.1, 0.15) is 17.8 Å². The molecule has 162 valence electrons. The Bertz CT molecular complexity index is 1500. The first-order valence-electron chi connectivity index (χ1n) is 10.7. The van der Waals surface area contributed by atoms with Gasteiger partial charge in [-0.05, 0) is 48.4 Å². The van der Waals surface area contributed by atoms with Crippen molar-refractivity contribution in [3.63, 3.8) is 0 Å². The van der Waals surface area contributed by atoms with Crippen LogP contribution in [0.4, 0.5) is 11.5 Å². The predicted molar refractivity (Wildman–Crippen MR) is 132 cm³/mol. The van der Waals surface area contributed by atoms with Crippen LogP contribution in [0, 0.1) is 0 Å². The lowest BCUT2D eigenvalue weighted by Crippen LogP contribution is -2.34. The number of hydrogen-bond donors (Lipinski definition) is 2. The molecule has 7 nitrogen and oxygen atoms in total. The first kappa shape index (κ1) is 19.6. The maximum atomic E-state index is 12.7. The molecule has 0 bridgehead atoms. The van der Waals surface area contributed by atoms with Gasteiger partial charge in [-0.25, -0.2) is 15.0 Å². The van der Waals surface area contributed by atoms with Crippen molar-refractivity contribution in [2.24, 2.45) is 0 Å². The lowest BCUT2D eigenvalue weighted by atomic mass is 10.0. The van der Waals surface area contributed by atoms with Crippen LogP contribution in [-0.2, 0) is 0 Å². The number of thiazole rings is 1. The van der Waals surface area contributed by atoms with Crippen molar-refractivity contribution < 1.29 is 4.79 Å². The van der Waals surface area contributed by atoms with E-state index in [1.165, 1.54) is 5.57 Å². The number of H-pyrrole nitrogens is 1. The summed E-state index contributed by atoms with van der Waals surface area (Å²) in [5, 5.41) is 4.35. The minimum atomic E-state index is 0.0674. The van der Waals surface area contributed by atoms with Gasteiger partial charge in [-0.3, -0.25) is 4.79 Å². The van der Waals surface area contributed by atoms with Crippen molar-refractivity contribution in [2.45, 2.75) is 6.42 Å². The van der Waals surface area contributed by atoms with E-state index in [1.807, 2.05) is 52.9 Å². The molecule has 0 atom stereocenters. The minimum absolute atomic E-state index is 0.0674. The van der Waals surface area contributed by atoms with Crippen LogP contribution in [0.3, 0.4) is 0 Å². The summed E-state index contributed by atoms with van der Waals surface area (Å²) in [7, 11) is 0. The van der Waals surface area contributed by atoms with Crippen LogP contribution < -0.4 is 5.32 Å². The maximum absolute atomic E-state index is 12.7. The SMILES string of the molecule is O=C(c1ccccc1)N1CC=C(c2cc3c(Nc4ccc5ncsc5c4)ncnc3[nH]2)CC1. The molecule has 1 amide bonds. The molecule has 0 aliphatic carbocycles. The molecular weight excluding hydrogens is 432 g/mol. The topological polar surface area (TPSA) is 86.8 Å². The summed E-state index contributed by atoms with van der Waals surface area (Å²) in [6, 6.07) is 17.6. The van der Waals surface area contributed by atoms with E-state index in [0.717, 1.165) is 50.4 Å². The van der Waals surface area contributed by atoms with E-state index in [0.29, 0.717) is 13.1 Å². The van der Waals surface area contributed by atoms with E-state index in [9.17, 15) is 4.79 Å². The third-order valence-corrected chi connectivity index (χ3v) is 6.67. The number of anilines is 2. The standard InChI is InChI=1S/C25H20N6OS/c32-25(17-4-2-1-3-5-17)31-10-8-16(9-11-31)21-13-19-23(26-14-27-24(19)30-21)29-18-6-7-20-22(12-18)33-15-28-20/h1-8,12-15H,9-11H2,(H2,26,27,29,30). The molecule has 2 N–H and O–H groups in total. The molecule has 0 radical (unpaired) electrons. The Morgan fingerprint density at radius 1 is 1.06 bits per heavy atom. The normalized spacial score (nSPS) is 13.9. The first-order valence-corrected chi connectivity index (χ1v) is 11.6. The molecule has 4 heterocycles. The van der Waals surface area contributed by atoms with E-state index in [1.54, 1.807) is 17.7 Å². The number of rotatable bonds is 4. The molecule has 8 heteroatoms. The van der Waals surface area contributed by atoms with Gasteiger partial charge in [-0.15, -0.1) is 11.3 Å². The Balaban J connectivity index is 1.24. The third-order valence-electron chi connectivity index (χ3n) is 5.88. The van der Waals surface area contributed by atoms with E-state index < -0.39 is 0 Å². The fraction of sp³-hybridized carbons (Fsp3) is 0.120. The van der Waals surface area contributed by atoms with Crippen LogP contribution in [0.5, 0.6) is 0 Å². The highest BCUT2D eigenvalue weighted by atomic mass is 32.1. The van der Waals surface area contributed by atoms with Crippen molar-refractivity contribution in [1.29, 1.82) is 0 Å². The third kappa shape index (κ3) is 3.74. The van der Waals surface area contributed by atoms with E-state index in [-0.39, 0.29) is 5.91 Å². The number of amides is 1. The van der Waals surface area contributed by atoms with E-state index in [2.05, 4.69) is 43.5 Å². The van der Waals surface area contributed by atoms with Gasteiger partial charge in [0.15, 0.2) is 0 Å². The summed E-state index contributed by atoms with van der Waals surface area (Å²) < 4.78 is 1.13. The van der Waals surface area contributed by atoms with Crippen molar-refractivity contribution in [3.8, 4) is 0 Å². The molecule has 3 aromatic heterocycles. The van der Waals surface area contributed by atoms with Gasteiger partial charge in [0, 0.05) is 30.0 Å². The van der Waals surface area contributed by atoms with Crippen molar-refractivity contribution >= 4 is 55.6 Å². The summed E-state index contributed by atoms with van der Waals surface area (Å²) in [5.41, 5.74) is 7.50. The highest BCUT2D eigenvalue weighted by Gasteiger charge is 2.20. The molecule has 0 unspecified atom stereocenters. The monoisotopic (exact) mass is 452 g/mol. The van der Waals surface area contributed by atoms with Crippen molar-refractivity contribution in [1.82, 2.24) is 24.8 Å². The van der Waals surface area contributed by atoms with Crippen LogP contribution in [0.2, 0.25) is 0 Å². The van der Waals surface area contributed by atoms with Crippen LogP contribution >= 0.6 is 11.3 Å². The number of hydrogen-bond acceptors (Lipinski definition) is 6. The molecule has 6 rings (SSSR count). The number of aromatic nitrogens is 4. The number of aromatic amines is 1. The average molecular weight is 453 g/mol. The van der Waals surface area contributed by atoms with Gasteiger partial charge in [0.05, 0.1) is 21.1 Å². The molecule has 2 aromatic carbocycles. The Morgan fingerprint density at radius 3 is 2.82 bits per heavy atom. The molecule has 0 saturated carbocycles. The Hall–Kier alpha value is -4.04. The molecule has 0 fully saturated rings. The quantitative estimate of drug-likeness (QED) is 0.389. The molecule has 0 saturated heterocycles. The number of nitrogens with zero attached hydrogens (tertiary/aromatic N) is 4. The molecular formula is C25H20N6OS. The van der Waals surface area contributed by atoms with Crippen LogP contribution in [0.1, 0.15) is 22.5 Å². The molecule has 1 aliphatic heterocycles. The summed E-state index contributed by atoms with van der Waals surface area (Å²) in [6.45, 7) is 1.27. The van der Waals surface area contributed by atoms with Gasteiger partial charge in [-0.1, -0.05) is 24.3 Å². The Labute approximate surface area is 193 Å². The zero-order valence-electron chi connectivity index (χ0n) is 17.7. The molecule has 33 heavy (non-hydrogen) atoms. The lowest BCUT2D eigenvalue weighted by molar-refractivity contribution is 0.0773. The van der Waals surface area contributed by atoms with Gasteiger partial charge in [0.25, 0.3) is 5.91 Å². The fourth-order valence-electron chi connectivity index (χ4n) is 4.14. The summed E-state index contributed by atoms with van der Waals surface area (Å²) in [6.07, 6.45) is 4.46.